The molecule has 1 atom stereocenters. The number of fused-ring (bicyclic) bond motifs is 3. The molecule has 1 saturated heterocycles. The van der Waals surface area contributed by atoms with E-state index in [1.54, 1.807) is 11.6 Å². The maximum absolute atomic E-state index is 12.8. The Bertz CT molecular complexity index is 766. The number of aromatic nitrogens is 2. The molecule has 0 aromatic carbocycles. The minimum atomic E-state index is -0.732. The van der Waals surface area contributed by atoms with E-state index in [1.807, 2.05) is 17.7 Å². The van der Waals surface area contributed by atoms with Gasteiger partial charge in [0.2, 0.25) is 11.9 Å². The molecule has 3 amide bonds. The Morgan fingerprint density at radius 1 is 1.42 bits per heavy atom. The summed E-state index contributed by atoms with van der Waals surface area (Å²) in [6, 6.07) is -1.31. The number of nitrogens with zero attached hydrogens (tertiary/aromatic N) is 5. The number of esters is 1. The third-order valence-electron chi connectivity index (χ3n) is 4.28. The maximum atomic E-state index is 12.8. The van der Waals surface area contributed by atoms with Crippen LogP contribution < -0.4 is 4.57 Å². The molecule has 24 heavy (non-hydrogen) atoms. The fourth-order valence-corrected chi connectivity index (χ4v) is 3.07. The molecule has 2 aliphatic heterocycles. The quantitative estimate of drug-likeness (QED) is 0.579. The van der Waals surface area contributed by atoms with Gasteiger partial charge < -0.3 is 4.74 Å². The number of amides is 3. The molecule has 1 aromatic rings. The minimum Gasteiger partial charge on any atom is -0.468 e. The largest absolute Gasteiger partial charge is 0.468 e. The van der Waals surface area contributed by atoms with Gasteiger partial charge in [-0.2, -0.15) is 0 Å². The Hall–Kier alpha value is -2.71. The Morgan fingerprint density at radius 2 is 2.12 bits per heavy atom. The predicted molar refractivity (Wildman–Crippen MR) is 82.7 cm³/mol. The molecule has 1 unspecified atom stereocenters. The van der Waals surface area contributed by atoms with E-state index in [2.05, 4.69) is 16.7 Å². The summed E-state index contributed by atoms with van der Waals surface area (Å²) in [5.41, 5.74) is 0.988. The highest BCUT2D eigenvalue weighted by Gasteiger charge is 2.53. The zero-order chi connectivity index (χ0) is 17.6. The van der Waals surface area contributed by atoms with Crippen molar-refractivity contribution in [1.29, 1.82) is 0 Å². The highest BCUT2D eigenvalue weighted by molar-refractivity contribution is 6.19. The number of hydrogen-bond acceptors (Lipinski definition) is 5. The molecule has 0 saturated carbocycles. The van der Waals surface area contributed by atoms with Crippen LogP contribution in [0.25, 0.3) is 0 Å². The van der Waals surface area contributed by atoms with Crippen LogP contribution in [0.5, 0.6) is 0 Å². The predicted octanol–water partition coefficient (Wildman–Crippen LogP) is 0.146. The van der Waals surface area contributed by atoms with Crippen molar-refractivity contribution in [3.8, 4) is 0 Å². The molecule has 1 aromatic heterocycles. The van der Waals surface area contributed by atoms with Crippen molar-refractivity contribution < 1.29 is 23.7 Å². The van der Waals surface area contributed by atoms with Gasteiger partial charge >= 0.3 is 17.9 Å². The van der Waals surface area contributed by atoms with E-state index in [-0.39, 0.29) is 0 Å². The van der Waals surface area contributed by atoms with Gasteiger partial charge in [0.15, 0.2) is 0 Å². The number of imidazole rings is 1. The van der Waals surface area contributed by atoms with Crippen molar-refractivity contribution >= 4 is 29.7 Å². The van der Waals surface area contributed by atoms with Crippen molar-refractivity contribution in [3.63, 3.8) is 0 Å². The first kappa shape index (κ1) is 16.2. The van der Waals surface area contributed by atoms with Crippen molar-refractivity contribution in [2.75, 3.05) is 20.7 Å². The zero-order valence-electron chi connectivity index (χ0n) is 14.1. The van der Waals surface area contributed by atoms with E-state index < -0.39 is 30.5 Å². The molecule has 2 aliphatic rings. The van der Waals surface area contributed by atoms with Crippen LogP contribution in [-0.4, -0.2) is 58.8 Å². The van der Waals surface area contributed by atoms with Crippen LogP contribution in [0, 0.1) is 6.92 Å². The van der Waals surface area contributed by atoms with Gasteiger partial charge in [-0.3, -0.25) is 14.5 Å². The normalized spacial score (nSPS) is 19.3. The summed E-state index contributed by atoms with van der Waals surface area (Å²) >= 11 is 0. The summed E-state index contributed by atoms with van der Waals surface area (Å²) < 4.78 is 8.35. The molecule has 9 nitrogen and oxygen atoms in total. The molecule has 0 N–H and O–H groups in total. The summed E-state index contributed by atoms with van der Waals surface area (Å²) in [6.07, 6.45) is 2.78. The molecule has 0 aliphatic carbocycles. The van der Waals surface area contributed by atoms with E-state index in [1.165, 1.54) is 12.0 Å². The Morgan fingerprint density at radius 3 is 2.75 bits per heavy atom. The summed E-state index contributed by atoms with van der Waals surface area (Å²) in [6.45, 7) is 4.37. The summed E-state index contributed by atoms with van der Waals surface area (Å²) in [7, 11) is 2.77. The first-order chi connectivity index (χ1) is 11.4. The number of aryl methyl sites for hydroxylation is 1. The second kappa shape index (κ2) is 5.73. The molecule has 3 rings (SSSR count). The number of imide groups is 1. The monoisotopic (exact) mass is 334 g/mol. The van der Waals surface area contributed by atoms with Crippen LogP contribution in [0.15, 0.2) is 11.2 Å². The van der Waals surface area contributed by atoms with E-state index in [4.69, 9.17) is 0 Å². The zero-order valence-corrected chi connectivity index (χ0v) is 14.1. The van der Waals surface area contributed by atoms with Crippen LogP contribution in [-0.2, 0) is 20.9 Å². The summed E-state index contributed by atoms with van der Waals surface area (Å²) in [5, 5.41) is 0. The first-order valence-corrected chi connectivity index (χ1v) is 7.76. The second-order valence-electron chi connectivity index (χ2n) is 5.84. The van der Waals surface area contributed by atoms with Gasteiger partial charge in [0.25, 0.3) is 5.91 Å². The fraction of sp³-hybridized carbons (Fsp3) is 0.533. The lowest BCUT2D eigenvalue weighted by Crippen LogP contribution is -2.63. The Kier molecular flexibility index (Phi) is 3.86. The standard InChI is InChI=1S/C15H20N5O4/c1-5-6-18-9(2)7-19-11-12(16-14(18)19)17(3)15(23)20(13(11)22)8-10(21)24-4/h7,11H,5-6,8H2,1-4H3/q+1. The molecule has 0 bridgehead atoms. The lowest BCUT2D eigenvalue weighted by Gasteiger charge is -2.32. The van der Waals surface area contributed by atoms with Gasteiger partial charge in [0, 0.05) is 7.05 Å². The second-order valence-corrected chi connectivity index (χ2v) is 5.84. The molecule has 1 fully saturated rings. The molecule has 128 valence electrons. The average Bonchev–Trinajstić information content (AvgIpc) is 3.06. The van der Waals surface area contributed by atoms with Gasteiger partial charge in [-0.1, -0.05) is 11.9 Å². The SMILES string of the molecule is CCCn1c(C)c[n+]2c1N=C1C2C(=O)N(CC(=O)OC)C(=O)N1C. The number of ether oxygens (including phenoxy) is 1. The van der Waals surface area contributed by atoms with Gasteiger partial charge in [-0.15, -0.1) is 0 Å². The number of carbonyl (C=O) groups is 3. The minimum absolute atomic E-state index is 0.381. The number of carbonyl (C=O) groups excluding carboxylic acids is 3. The highest BCUT2D eigenvalue weighted by Crippen LogP contribution is 2.29. The molecular weight excluding hydrogens is 314 g/mol. The summed E-state index contributed by atoms with van der Waals surface area (Å²) in [4.78, 5) is 43.5. The first-order valence-electron chi connectivity index (χ1n) is 7.76. The average molecular weight is 334 g/mol. The van der Waals surface area contributed by atoms with E-state index >= 15 is 0 Å². The van der Waals surface area contributed by atoms with Gasteiger partial charge in [0.05, 0.1) is 13.7 Å². The fourth-order valence-electron chi connectivity index (χ4n) is 3.07. The highest BCUT2D eigenvalue weighted by atomic mass is 16.5. The lowest BCUT2D eigenvalue weighted by molar-refractivity contribution is -0.677. The third kappa shape index (κ3) is 2.19. The molecule has 9 heteroatoms. The van der Waals surface area contributed by atoms with Gasteiger partial charge in [0.1, 0.15) is 18.4 Å². The van der Waals surface area contributed by atoms with Crippen molar-refractivity contribution in [2.45, 2.75) is 32.9 Å². The molecule has 3 heterocycles. The van der Waals surface area contributed by atoms with Crippen LogP contribution in [0.1, 0.15) is 25.1 Å². The van der Waals surface area contributed by atoms with Crippen LogP contribution in [0.3, 0.4) is 0 Å². The number of amidine groups is 1. The number of methoxy groups -OCH3 is 1. The van der Waals surface area contributed by atoms with Crippen molar-refractivity contribution in [3.05, 3.63) is 11.9 Å². The number of urea groups is 1. The van der Waals surface area contributed by atoms with Crippen molar-refractivity contribution in [1.82, 2.24) is 14.4 Å². The number of rotatable bonds is 4. The van der Waals surface area contributed by atoms with Crippen LogP contribution in [0.4, 0.5) is 10.7 Å². The van der Waals surface area contributed by atoms with Gasteiger partial charge in [-0.25, -0.2) is 18.8 Å². The van der Waals surface area contributed by atoms with E-state index in [0.717, 1.165) is 23.6 Å². The molecule has 0 spiro atoms. The van der Waals surface area contributed by atoms with Gasteiger partial charge in [-0.05, 0) is 13.3 Å². The molecule has 0 radical (unpaired) electrons. The van der Waals surface area contributed by atoms with E-state index in [9.17, 15) is 14.4 Å². The Labute approximate surface area is 139 Å². The topological polar surface area (TPSA) is 88.1 Å². The molecular formula is C15H20N5O4+. The van der Waals surface area contributed by atoms with Crippen LogP contribution in [0.2, 0.25) is 0 Å². The van der Waals surface area contributed by atoms with Crippen molar-refractivity contribution in [2.24, 2.45) is 4.99 Å². The summed E-state index contributed by atoms with van der Waals surface area (Å²) in [5.74, 6) is -0.0960. The third-order valence-corrected chi connectivity index (χ3v) is 4.28. The number of hydrogen-bond donors (Lipinski definition) is 0. The smallest absolute Gasteiger partial charge is 0.401 e. The van der Waals surface area contributed by atoms with E-state index in [0.29, 0.717) is 11.8 Å². The number of likely N-dealkylation sites (N-methyl/N-ethyl adjacent to an activating group) is 1. The Balaban J connectivity index is 2.03. The maximum Gasteiger partial charge on any atom is 0.401 e. The lowest BCUT2D eigenvalue weighted by atomic mass is 10.1. The van der Waals surface area contributed by atoms with Crippen LogP contribution >= 0.6 is 0 Å². The number of aliphatic imine (C=N–C) groups is 1.